The van der Waals surface area contributed by atoms with Crippen molar-refractivity contribution in [2.75, 3.05) is 31.0 Å². The highest BCUT2D eigenvalue weighted by Gasteiger charge is 2.25. The van der Waals surface area contributed by atoms with Crippen molar-refractivity contribution in [3.05, 3.63) is 47.5 Å². The van der Waals surface area contributed by atoms with Crippen LogP contribution in [0.25, 0.3) is 11.0 Å². The zero-order valence-electron chi connectivity index (χ0n) is 18.9. The van der Waals surface area contributed by atoms with Gasteiger partial charge in [0.05, 0.1) is 41.7 Å². The highest BCUT2D eigenvalue weighted by molar-refractivity contribution is 7.99. The lowest BCUT2D eigenvalue weighted by atomic mass is 10.0. The van der Waals surface area contributed by atoms with Crippen LogP contribution in [0.5, 0.6) is 5.75 Å². The number of H-pyrrole nitrogens is 1. The number of fused-ring (bicyclic) bond motifs is 1. The first-order chi connectivity index (χ1) is 15.0. The predicted octanol–water partition coefficient (Wildman–Crippen LogP) is 4.99. The van der Waals surface area contributed by atoms with Gasteiger partial charge in [0.2, 0.25) is 5.91 Å². The minimum absolute atomic E-state index is 0.0361. The fraction of sp³-hybridized carbons (Fsp3) is 0.417. The van der Waals surface area contributed by atoms with E-state index in [1.807, 2.05) is 43.0 Å². The molecule has 1 atom stereocenters. The van der Waals surface area contributed by atoms with E-state index in [1.165, 1.54) is 11.8 Å². The molecular weight excluding hydrogens is 410 g/mol. The molecule has 0 aliphatic rings. The first-order valence-corrected chi connectivity index (χ1v) is 11.6. The van der Waals surface area contributed by atoms with Gasteiger partial charge in [-0.1, -0.05) is 36.9 Å². The number of benzene rings is 2. The van der Waals surface area contributed by atoms with Crippen molar-refractivity contribution in [3.8, 4) is 5.75 Å². The maximum atomic E-state index is 13.4. The molecule has 0 aliphatic carbocycles. The van der Waals surface area contributed by atoms with Gasteiger partial charge >= 0.3 is 0 Å². The number of methoxy groups -OCH3 is 1. The first-order valence-electron chi connectivity index (χ1n) is 10.6. The molecule has 3 aromatic rings. The molecule has 1 amide bonds. The lowest BCUT2D eigenvalue weighted by Crippen LogP contribution is -2.43. The number of nitrogens with one attached hydrogen (secondary N) is 1. The van der Waals surface area contributed by atoms with Crippen molar-refractivity contribution in [3.63, 3.8) is 0 Å². The summed E-state index contributed by atoms with van der Waals surface area (Å²) in [6.07, 6.45) is 0.860. The third-order valence-corrected chi connectivity index (χ3v) is 5.99. The Hall–Kier alpha value is -2.51. The summed E-state index contributed by atoms with van der Waals surface area (Å²) in [4.78, 5) is 23.2. The Bertz CT molecular complexity index is 1030. The number of aromatic nitrogens is 2. The molecule has 1 heterocycles. The van der Waals surface area contributed by atoms with Crippen molar-refractivity contribution in [2.45, 2.75) is 45.3 Å². The molecule has 31 heavy (non-hydrogen) atoms. The van der Waals surface area contributed by atoms with Crippen molar-refractivity contribution in [1.82, 2.24) is 9.97 Å². The normalized spacial score (nSPS) is 12.2. The molecule has 0 radical (unpaired) electrons. The Morgan fingerprint density at radius 3 is 2.77 bits per heavy atom. The number of carbonyl (C=O) groups is 1. The summed E-state index contributed by atoms with van der Waals surface area (Å²) >= 11 is 1.41. The lowest BCUT2D eigenvalue weighted by molar-refractivity contribution is -0.116. The summed E-state index contributed by atoms with van der Waals surface area (Å²) in [6, 6.07) is 11.9. The monoisotopic (exact) mass is 441 g/mol. The Morgan fingerprint density at radius 1 is 1.26 bits per heavy atom. The summed E-state index contributed by atoms with van der Waals surface area (Å²) in [5.41, 5.74) is 5.00. The summed E-state index contributed by atoms with van der Waals surface area (Å²) in [7, 11) is 1.66. The fourth-order valence-corrected chi connectivity index (χ4v) is 4.49. The van der Waals surface area contributed by atoms with Crippen LogP contribution in [0.4, 0.5) is 5.69 Å². The summed E-state index contributed by atoms with van der Waals surface area (Å²) in [5.74, 6) is 1.12. The average molecular weight is 442 g/mol. The van der Waals surface area contributed by atoms with E-state index in [2.05, 4.69) is 35.9 Å². The molecule has 2 aromatic carbocycles. The lowest BCUT2D eigenvalue weighted by Gasteiger charge is -2.32. The van der Waals surface area contributed by atoms with Gasteiger partial charge in [-0.3, -0.25) is 4.79 Å². The minimum Gasteiger partial charge on any atom is -0.494 e. The highest BCUT2D eigenvalue weighted by Crippen LogP contribution is 2.30. The number of imidazole rings is 1. The third-order valence-electron chi connectivity index (χ3n) is 5.14. The Morgan fingerprint density at radius 2 is 2.06 bits per heavy atom. The highest BCUT2D eigenvalue weighted by atomic mass is 32.2. The molecule has 166 valence electrons. The molecule has 0 spiro atoms. The molecule has 1 unspecified atom stereocenters. The molecule has 0 saturated carbocycles. The van der Waals surface area contributed by atoms with Crippen LogP contribution < -0.4 is 9.64 Å². The number of amides is 1. The van der Waals surface area contributed by atoms with Crippen LogP contribution in [-0.2, 0) is 16.0 Å². The first kappa shape index (κ1) is 23.2. The summed E-state index contributed by atoms with van der Waals surface area (Å²) in [6.45, 7) is 9.23. The SMILES string of the molecule is CCOc1ccc2nc(SCC(=O)N(c3c(C)cccc3CC)C(C)COC)[nH]c2c1. The number of thioether (sulfide) groups is 1. The van der Waals surface area contributed by atoms with Crippen LogP contribution in [-0.4, -0.2) is 48.0 Å². The molecule has 0 bridgehead atoms. The van der Waals surface area contributed by atoms with E-state index in [4.69, 9.17) is 9.47 Å². The molecule has 6 nitrogen and oxygen atoms in total. The van der Waals surface area contributed by atoms with Crippen molar-refractivity contribution >= 4 is 34.4 Å². The fourth-order valence-electron chi connectivity index (χ4n) is 3.75. The number of aryl methyl sites for hydroxylation is 2. The van der Waals surface area contributed by atoms with Gasteiger partial charge in [0.15, 0.2) is 5.16 Å². The van der Waals surface area contributed by atoms with E-state index in [0.717, 1.165) is 45.2 Å². The van der Waals surface area contributed by atoms with E-state index in [-0.39, 0.29) is 17.7 Å². The maximum Gasteiger partial charge on any atom is 0.237 e. The van der Waals surface area contributed by atoms with Crippen LogP contribution in [0, 0.1) is 6.92 Å². The number of ether oxygens (including phenoxy) is 2. The number of nitrogens with zero attached hydrogens (tertiary/aromatic N) is 2. The van der Waals surface area contributed by atoms with Crippen LogP contribution in [0.15, 0.2) is 41.6 Å². The van der Waals surface area contributed by atoms with E-state index in [1.54, 1.807) is 7.11 Å². The number of aromatic amines is 1. The number of anilines is 1. The molecule has 1 N–H and O–H groups in total. The van der Waals surface area contributed by atoms with Crippen LogP contribution in [0.2, 0.25) is 0 Å². The largest absolute Gasteiger partial charge is 0.494 e. The zero-order valence-corrected chi connectivity index (χ0v) is 19.7. The zero-order chi connectivity index (χ0) is 22.4. The van der Waals surface area contributed by atoms with Gasteiger partial charge in [-0.2, -0.15) is 0 Å². The molecule has 7 heteroatoms. The standard InChI is InChI=1S/C24H31N3O3S/c1-6-18-10-8-9-16(3)23(18)27(17(4)14-29-5)22(28)15-31-24-25-20-12-11-19(30-7-2)13-21(20)26-24/h8-13,17H,6-7,14-15H2,1-5H3,(H,25,26). The number of hydrogen-bond donors (Lipinski definition) is 1. The second kappa shape index (κ2) is 10.7. The maximum absolute atomic E-state index is 13.4. The molecule has 0 aliphatic heterocycles. The second-order valence-corrected chi connectivity index (χ2v) is 8.41. The van der Waals surface area contributed by atoms with E-state index >= 15 is 0 Å². The average Bonchev–Trinajstić information content (AvgIpc) is 3.16. The van der Waals surface area contributed by atoms with Crippen LogP contribution >= 0.6 is 11.8 Å². The van der Waals surface area contributed by atoms with E-state index in [0.29, 0.717) is 13.2 Å². The second-order valence-electron chi connectivity index (χ2n) is 7.45. The van der Waals surface area contributed by atoms with Gasteiger partial charge in [-0.25, -0.2) is 4.98 Å². The van der Waals surface area contributed by atoms with Gasteiger partial charge < -0.3 is 19.4 Å². The Kier molecular flexibility index (Phi) is 7.98. The Labute approximate surface area is 188 Å². The molecule has 1 aromatic heterocycles. The van der Waals surface area contributed by atoms with Crippen LogP contribution in [0.1, 0.15) is 31.9 Å². The van der Waals surface area contributed by atoms with Crippen molar-refractivity contribution in [1.29, 1.82) is 0 Å². The van der Waals surface area contributed by atoms with Gasteiger partial charge in [0.25, 0.3) is 0 Å². The third kappa shape index (κ3) is 5.40. The van der Waals surface area contributed by atoms with E-state index < -0.39 is 0 Å². The number of para-hydroxylation sites is 1. The number of rotatable bonds is 10. The minimum atomic E-state index is -0.0751. The van der Waals surface area contributed by atoms with Gasteiger partial charge in [-0.15, -0.1) is 0 Å². The smallest absolute Gasteiger partial charge is 0.237 e. The Balaban J connectivity index is 1.82. The molecule has 3 rings (SSSR count). The molecule has 0 fully saturated rings. The van der Waals surface area contributed by atoms with Crippen molar-refractivity contribution in [2.24, 2.45) is 0 Å². The van der Waals surface area contributed by atoms with Crippen molar-refractivity contribution < 1.29 is 14.3 Å². The number of carbonyl (C=O) groups excluding carboxylic acids is 1. The van der Waals surface area contributed by atoms with E-state index in [9.17, 15) is 4.79 Å². The summed E-state index contributed by atoms with van der Waals surface area (Å²) in [5, 5.41) is 0.719. The topological polar surface area (TPSA) is 67.4 Å². The van der Waals surface area contributed by atoms with Gasteiger partial charge in [0, 0.05) is 13.2 Å². The quantitative estimate of drug-likeness (QED) is 0.449. The van der Waals surface area contributed by atoms with Crippen LogP contribution in [0.3, 0.4) is 0 Å². The van der Waals surface area contributed by atoms with Gasteiger partial charge in [-0.05, 0) is 50.5 Å². The van der Waals surface area contributed by atoms with Gasteiger partial charge in [0.1, 0.15) is 5.75 Å². The molecule has 0 saturated heterocycles. The number of hydrogen-bond acceptors (Lipinski definition) is 5. The molecular formula is C24H31N3O3S. The summed E-state index contributed by atoms with van der Waals surface area (Å²) < 4.78 is 10.9. The predicted molar refractivity (Wildman–Crippen MR) is 127 cm³/mol.